The normalized spacial score (nSPS) is 21.5. The molecule has 0 aliphatic carbocycles. The molecule has 0 radical (unpaired) electrons. The third-order valence-electron chi connectivity index (χ3n) is 5.94. The third kappa shape index (κ3) is 2.05. The van der Waals surface area contributed by atoms with Gasteiger partial charge in [0.05, 0.1) is 35.1 Å². The Morgan fingerprint density at radius 1 is 1.07 bits per heavy atom. The highest BCUT2D eigenvalue weighted by Crippen LogP contribution is 2.46. The van der Waals surface area contributed by atoms with Crippen LogP contribution in [0.1, 0.15) is 42.2 Å². The number of carbonyl (C=O) groups is 2. The molecule has 136 valence electrons. The SMILES string of the molecule is COc1ccc2c(c1)cc1n2C(=O)c2ccccc2N2C(=O)CCCC12C. The number of amides is 1. The van der Waals surface area contributed by atoms with E-state index in [1.807, 2.05) is 53.4 Å². The molecule has 1 fully saturated rings. The summed E-state index contributed by atoms with van der Waals surface area (Å²) in [5.74, 6) is 0.724. The highest BCUT2D eigenvalue weighted by Gasteiger charge is 2.47. The number of carbonyl (C=O) groups excluding carboxylic acids is 2. The topological polar surface area (TPSA) is 51.5 Å². The zero-order chi connectivity index (χ0) is 18.8. The van der Waals surface area contributed by atoms with Gasteiger partial charge >= 0.3 is 0 Å². The fourth-order valence-electron chi connectivity index (χ4n) is 4.63. The fraction of sp³-hybridized carbons (Fsp3) is 0.273. The molecule has 5 rings (SSSR count). The highest BCUT2D eigenvalue weighted by molar-refractivity contribution is 6.11. The number of fused-ring (bicyclic) bond motifs is 7. The van der Waals surface area contributed by atoms with Crippen LogP contribution >= 0.6 is 0 Å². The number of para-hydroxylation sites is 1. The lowest BCUT2D eigenvalue weighted by atomic mass is 9.84. The van der Waals surface area contributed by atoms with Crippen LogP contribution < -0.4 is 9.64 Å². The molecule has 0 saturated carbocycles. The Balaban J connectivity index is 1.90. The second kappa shape index (κ2) is 5.46. The maximum absolute atomic E-state index is 13.5. The van der Waals surface area contributed by atoms with Gasteiger partial charge in [-0.2, -0.15) is 0 Å². The van der Waals surface area contributed by atoms with Gasteiger partial charge < -0.3 is 9.64 Å². The summed E-state index contributed by atoms with van der Waals surface area (Å²) in [5.41, 5.74) is 2.40. The lowest BCUT2D eigenvalue weighted by Gasteiger charge is -2.44. The minimum atomic E-state index is -0.566. The van der Waals surface area contributed by atoms with Crippen molar-refractivity contribution in [3.8, 4) is 5.75 Å². The van der Waals surface area contributed by atoms with Crippen LogP contribution in [0.25, 0.3) is 10.9 Å². The first-order valence-corrected chi connectivity index (χ1v) is 9.21. The van der Waals surface area contributed by atoms with E-state index >= 15 is 0 Å². The Morgan fingerprint density at radius 2 is 1.89 bits per heavy atom. The third-order valence-corrected chi connectivity index (χ3v) is 5.94. The van der Waals surface area contributed by atoms with Crippen molar-refractivity contribution < 1.29 is 14.3 Å². The van der Waals surface area contributed by atoms with Crippen LogP contribution in [0, 0.1) is 0 Å². The van der Waals surface area contributed by atoms with Gasteiger partial charge in [-0.25, -0.2) is 0 Å². The van der Waals surface area contributed by atoms with E-state index in [-0.39, 0.29) is 11.8 Å². The zero-order valence-electron chi connectivity index (χ0n) is 15.4. The molecule has 1 atom stereocenters. The van der Waals surface area contributed by atoms with Gasteiger partial charge in [-0.15, -0.1) is 0 Å². The van der Waals surface area contributed by atoms with Crippen LogP contribution in [0.5, 0.6) is 5.75 Å². The molecule has 3 aromatic rings. The lowest BCUT2D eigenvalue weighted by Crippen LogP contribution is -2.51. The molecule has 0 spiro atoms. The van der Waals surface area contributed by atoms with E-state index < -0.39 is 5.54 Å². The van der Waals surface area contributed by atoms with E-state index in [2.05, 4.69) is 6.92 Å². The minimum Gasteiger partial charge on any atom is -0.497 e. The molecule has 2 aliphatic heterocycles. The van der Waals surface area contributed by atoms with Crippen LogP contribution in [0.3, 0.4) is 0 Å². The summed E-state index contributed by atoms with van der Waals surface area (Å²) < 4.78 is 7.14. The van der Waals surface area contributed by atoms with Crippen molar-refractivity contribution in [3.63, 3.8) is 0 Å². The average molecular weight is 360 g/mol. The van der Waals surface area contributed by atoms with Crippen molar-refractivity contribution in [2.75, 3.05) is 12.0 Å². The molecular weight excluding hydrogens is 340 g/mol. The summed E-state index contributed by atoms with van der Waals surface area (Å²) in [6, 6.07) is 15.2. The van der Waals surface area contributed by atoms with Gasteiger partial charge in [-0.1, -0.05) is 12.1 Å². The van der Waals surface area contributed by atoms with E-state index in [0.29, 0.717) is 17.7 Å². The molecule has 0 bridgehead atoms. The Hall–Kier alpha value is -3.08. The number of rotatable bonds is 1. The van der Waals surface area contributed by atoms with Gasteiger partial charge in [-0.3, -0.25) is 14.2 Å². The Morgan fingerprint density at radius 3 is 2.70 bits per heavy atom. The smallest absolute Gasteiger partial charge is 0.264 e. The van der Waals surface area contributed by atoms with Crippen LogP contribution in [0.4, 0.5) is 5.69 Å². The monoisotopic (exact) mass is 360 g/mol. The summed E-state index contributed by atoms with van der Waals surface area (Å²) in [6.07, 6.45) is 2.13. The number of benzene rings is 2. The molecule has 1 unspecified atom stereocenters. The van der Waals surface area contributed by atoms with Crippen molar-refractivity contribution in [1.82, 2.24) is 4.57 Å². The molecular formula is C22H20N2O3. The second-order valence-corrected chi connectivity index (χ2v) is 7.47. The Labute approximate surface area is 157 Å². The summed E-state index contributed by atoms with van der Waals surface area (Å²) >= 11 is 0. The first-order valence-electron chi connectivity index (χ1n) is 9.21. The van der Waals surface area contributed by atoms with Crippen molar-refractivity contribution in [2.45, 2.75) is 31.7 Å². The number of hydrogen-bond acceptors (Lipinski definition) is 3. The van der Waals surface area contributed by atoms with E-state index in [0.717, 1.165) is 35.2 Å². The van der Waals surface area contributed by atoms with Crippen LogP contribution in [0.2, 0.25) is 0 Å². The summed E-state index contributed by atoms with van der Waals surface area (Å²) in [5, 5.41) is 0.941. The lowest BCUT2D eigenvalue weighted by molar-refractivity contribution is -0.121. The van der Waals surface area contributed by atoms with E-state index in [1.165, 1.54) is 0 Å². The maximum Gasteiger partial charge on any atom is 0.264 e. The van der Waals surface area contributed by atoms with E-state index in [9.17, 15) is 9.59 Å². The van der Waals surface area contributed by atoms with Gasteiger partial charge in [0.25, 0.3) is 5.91 Å². The summed E-state index contributed by atoms with van der Waals surface area (Å²) in [4.78, 5) is 28.4. The molecule has 2 aliphatic rings. The van der Waals surface area contributed by atoms with Crippen LogP contribution in [0.15, 0.2) is 48.5 Å². The number of methoxy groups -OCH3 is 1. The molecule has 2 aromatic carbocycles. The highest BCUT2D eigenvalue weighted by atomic mass is 16.5. The van der Waals surface area contributed by atoms with Crippen LogP contribution in [-0.2, 0) is 10.3 Å². The largest absolute Gasteiger partial charge is 0.497 e. The number of ether oxygens (including phenoxy) is 1. The van der Waals surface area contributed by atoms with Gasteiger partial charge in [-0.05, 0) is 56.2 Å². The zero-order valence-corrected chi connectivity index (χ0v) is 15.4. The van der Waals surface area contributed by atoms with Crippen molar-refractivity contribution >= 4 is 28.4 Å². The standard InChI is InChI=1S/C22H20N2O3/c1-22-11-5-8-20(25)24(22)18-7-4-3-6-16(18)21(26)23-17-10-9-15(27-2)12-14(17)13-19(22)23/h3-4,6-7,9-10,12-13H,5,8,11H2,1-2H3. The van der Waals surface area contributed by atoms with Crippen LogP contribution in [-0.4, -0.2) is 23.5 Å². The first kappa shape index (κ1) is 16.1. The van der Waals surface area contributed by atoms with E-state index in [4.69, 9.17) is 4.74 Å². The summed E-state index contributed by atoms with van der Waals surface area (Å²) in [6.45, 7) is 2.07. The second-order valence-electron chi connectivity index (χ2n) is 7.47. The maximum atomic E-state index is 13.5. The average Bonchev–Trinajstić information content (AvgIpc) is 3.03. The number of nitrogens with zero attached hydrogens (tertiary/aromatic N) is 2. The Kier molecular flexibility index (Phi) is 3.26. The number of hydrogen-bond donors (Lipinski definition) is 0. The molecule has 5 nitrogen and oxygen atoms in total. The molecule has 5 heteroatoms. The predicted molar refractivity (Wildman–Crippen MR) is 103 cm³/mol. The van der Waals surface area contributed by atoms with Crippen molar-refractivity contribution in [2.24, 2.45) is 0 Å². The number of piperidine rings is 1. The molecule has 1 aromatic heterocycles. The van der Waals surface area contributed by atoms with Crippen molar-refractivity contribution in [3.05, 3.63) is 59.8 Å². The van der Waals surface area contributed by atoms with Gasteiger partial charge in [0, 0.05) is 11.8 Å². The molecule has 27 heavy (non-hydrogen) atoms. The van der Waals surface area contributed by atoms with Gasteiger partial charge in [0.1, 0.15) is 5.75 Å². The van der Waals surface area contributed by atoms with E-state index in [1.54, 1.807) is 11.7 Å². The van der Waals surface area contributed by atoms with Gasteiger partial charge in [0.2, 0.25) is 5.91 Å². The van der Waals surface area contributed by atoms with Gasteiger partial charge in [0.15, 0.2) is 0 Å². The fourth-order valence-corrected chi connectivity index (χ4v) is 4.63. The predicted octanol–water partition coefficient (Wildman–Crippen LogP) is 4.08. The molecule has 1 saturated heterocycles. The minimum absolute atomic E-state index is 0.0697. The quantitative estimate of drug-likeness (QED) is 0.657. The number of aromatic nitrogens is 1. The first-order chi connectivity index (χ1) is 13.0. The summed E-state index contributed by atoms with van der Waals surface area (Å²) in [7, 11) is 1.63. The molecule has 0 N–H and O–H groups in total. The Bertz CT molecular complexity index is 1110. The van der Waals surface area contributed by atoms with Crippen molar-refractivity contribution in [1.29, 1.82) is 0 Å². The number of anilines is 1. The molecule has 1 amide bonds. The molecule has 3 heterocycles.